The molecule has 0 unspecified atom stereocenters. The molecule has 0 saturated heterocycles. The molecule has 0 spiro atoms. The molecule has 0 fully saturated rings. The van der Waals surface area contributed by atoms with Crippen LogP contribution >= 0.6 is 54.8 Å². The molecule has 0 bridgehead atoms. The third-order valence-corrected chi connectivity index (χ3v) is 5.32. The Kier molecular flexibility index (Phi) is 4.48. The molecule has 0 aliphatic carbocycles. The minimum atomic E-state index is -0.142. The smallest absolute Gasteiger partial charge is 0.265 e. The Bertz CT molecular complexity index is 593. The summed E-state index contributed by atoms with van der Waals surface area (Å²) in [6.45, 7) is 1.95. The summed E-state index contributed by atoms with van der Waals surface area (Å²) >= 11 is 14.1. The number of rotatable bonds is 2. The number of carbonyl (C=O) groups is 1. The topological polar surface area (TPSA) is 29.1 Å². The molecule has 0 radical (unpaired) electrons. The molecule has 1 aromatic heterocycles. The lowest BCUT2D eigenvalue weighted by Crippen LogP contribution is -2.10. The van der Waals surface area contributed by atoms with Crippen LogP contribution in [0.25, 0.3) is 0 Å². The average Bonchev–Trinajstić information content (AvgIpc) is 2.64. The van der Waals surface area contributed by atoms with Gasteiger partial charge in [-0.15, -0.1) is 11.3 Å². The molecule has 0 aliphatic rings. The Morgan fingerprint density at radius 3 is 2.67 bits per heavy atom. The van der Waals surface area contributed by atoms with Gasteiger partial charge >= 0.3 is 0 Å². The predicted octanol–water partition coefficient (Wildman–Crippen LogP) is 5.49. The maximum atomic E-state index is 12.1. The number of aryl methyl sites for hydroxylation is 1. The van der Waals surface area contributed by atoms with Crippen molar-refractivity contribution in [2.45, 2.75) is 6.92 Å². The number of thiophene rings is 1. The van der Waals surface area contributed by atoms with Gasteiger partial charge in [0.05, 0.1) is 14.4 Å². The Balaban J connectivity index is 2.23. The summed E-state index contributed by atoms with van der Waals surface area (Å²) in [7, 11) is 0. The fraction of sp³-hybridized carbons (Fsp3) is 0.0833. The molecule has 2 nitrogen and oxygen atoms in total. The van der Waals surface area contributed by atoms with Gasteiger partial charge in [-0.2, -0.15) is 0 Å². The SMILES string of the molecule is Cc1cc(C(=O)Nc2cc(Cl)ccc2Br)sc1Br. The number of hydrogen-bond donors (Lipinski definition) is 1. The first-order valence-electron chi connectivity index (χ1n) is 4.99. The number of halogens is 3. The van der Waals surface area contributed by atoms with Crippen molar-refractivity contribution in [2.24, 2.45) is 0 Å². The molecule has 18 heavy (non-hydrogen) atoms. The van der Waals surface area contributed by atoms with E-state index in [1.165, 1.54) is 11.3 Å². The molecular weight excluding hydrogens is 401 g/mol. The van der Waals surface area contributed by atoms with Gasteiger partial charge in [0.2, 0.25) is 0 Å². The van der Waals surface area contributed by atoms with Crippen LogP contribution in [0.1, 0.15) is 15.2 Å². The second-order valence-corrected chi connectivity index (χ2v) is 7.31. The minimum Gasteiger partial charge on any atom is -0.320 e. The molecule has 0 saturated carbocycles. The molecule has 2 rings (SSSR count). The number of benzene rings is 1. The summed E-state index contributed by atoms with van der Waals surface area (Å²) in [5.41, 5.74) is 1.71. The number of nitrogens with one attached hydrogen (secondary N) is 1. The van der Waals surface area contributed by atoms with Crippen molar-refractivity contribution < 1.29 is 4.79 Å². The lowest BCUT2D eigenvalue weighted by molar-refractivity contribution is 0.103. The third kappa shape index (κ3) is 3.15. The van der Waals surface area contributed by atoms with Crippen molar-refractivity contribution in [2.75, 3.05) is 5.32 Å². The van der Waals surface area contributed by atoms with E-state index in [9.17, 15) is 4.79 Å². The predicted molar refractivity (Wildman–Crippen MR) is 83.9 cm³/mol. The van der Waals surface area contributed by atoms with Gasteiger partial charge in [-0.1, -0.05) is 11.6 Å². The highest BCUT2D eigenvalue weighted by atomic mass is 79.9. The van der Waals surface area contributed by atoms with Gasteiger partial charge in [0.25, 0.3) is 5.91 Å². The molecule has 94 valence electrons. The van der Waals surface area contributed by atoms with Crippen molar-refractivity contribution >= 4 is 66.4 Å². The van der Waals surface area contributed by atoms with Crippen LogP contribution in [0.2, 0.25) is 5.02 Å². The van der Waals surface area contributed by atoms with Gasteiger partial charge in [0.1, 0.15) is 0 Å². The van der Waals surface area contributed by atoms with Crippen LogP contribution in [0.5, 0.6) is 0 Å². The number of hydrogen-bond acceptors (Lipinski definition) is 2. The Morgan fingerprint density at radius 2 is 2.06 bits per heavy atom. The summed E-state index contributed by atoms with van der Waals surface area (Å²) in [5, 5.41) is 3.41. The highest BCUT2D eigenvalue weighted by Crippen LogP contribution is 2.30. The van der Waals surface area contributed by atoms with E-state index in [-0.39, 0.29) is 5.91 Å². The van der Waals surface area contributed by atoms with Crippen molar-refractivity contribution in [3.8, 4) is 0 Å². The largest absolute Gasteiger partial charge is 0.320 e. The van der Waals surface area contributed by atoms with E-state index < -0.39 is 0 Å². The maximum absolute atomic E-state index is 12.1. The van der Waals surface area contributed by atoms with E-state index in [2.05, 4.69) is 37.2 Å². The van der Waals surface area contributed by atoms with E-state index in [0.717, 1.165) is 13.8 Å². The molecule has 2 aromatic rings. The van der Waals surface area contributed by atoms with Crippen LogP contribution < -0.4 is 5.32 Å². The summed E-state index contributed by atoms with van der Waals surface area (Å²) in [5.74, 6) is -0.142. The first kappa shape index (κ1) is 14.1. The van der Waals surface area contributed by atoms with Crippen molar-refractivity contribution in [3.05, 3.63) is 48.0 Å². The minimum absolute atomic E-state index is 0.142. The van der Waals surface area contributed by atoms with Crippen LogP contribution in [0.3, 0.4) is 0 Å². The summed E-state index contributed by atoms with van der Waals surface area (Å²) in [6.07, 6.45) is 0. The van der Waals surface area contributed by atoms with E-state index in [1.807, 2.05) is 13.0 Å². The number of anilines is 1. The number of amides is 1. The van der Waals surface area contributed by atoms with Gasteiger partial charge in [-0.05, 0) is 68.6 Å². The van der Waals surface area contributed by atoms with Gasteiger partial charge < -0.3 is 5.32 Å². The van der Waals surface area contributed by atoms with Gasteiger partial charge in [-0.25, -0.2) is 0 Å². The zero-order valence-corrected chi connectivity index (χ0v) is 14.0. The van der Waals surface area contributed by atoms with E-state index in [4.69, 9.17) is 11.6 Å². The Hall–Kier alpha value is -0.360. The first-order valence-corrected chi connectivity index (χ1v) is 7.78. The lowest BCUT2D eigenvalue weighted by Gasteiger charge is -2.06. The Labute approximate surface area is 131 Å². The Morgan fingerprint density at radius 1 is 1.33 bits per heavy atom. The quantitative estimate of drug-likeness (QED) is 0.698. The van der Waals surface area contributed by atoms with Gasteiger partial charge in [0.15, 0.2) is 0 Å². The molecule has 0 aliphatic heterocycles. The zero-order valence-electron chi connectivity index (χ0n) is 9.26. The van der Waals surface area contributed by atoms with Crippen LogP contribution in [0.15, 0.2) is 32.5 Å². The van der Waals surface area contributed by atoms with Gasteiger partial charge in [-0.3, -0.25) is 4.79 Å². The average molecular weight is 410 g/mol. The summed E-state index contributed by atoms with van der Waals surface area (Å²) in [6, 6.07) is 7.11. The number of carbonyl (C=O) groups excluding carboxylic acids is 1. The van der Waals surface area contributed by atoms with E-state index in [0.29, 0.717) is 15.6 Å². The summed E-state index contributed by atoms with van der Waals surface area (Å²) < 4.78 is 1.77. The van der Waals surface area contributed by atoms with Crippen LogP contribution in [0.4, 0.5) is 5.69 Å². The summed E-state index contributed by atoms with van der Waals surface area (Å²) in [4.78, 5) is 12.7. The molecule has 6 heteroatoms. The second kappa shape index (κ2) is 5.74. The van der Waals surface area contributed by atoms with E-state index in [1.54, 1.807) is 18.2 Å². The fourth-order valence-electron chi connectivity index (χ4n) is 1.35. The van der Waals surface area contributed by atoms with Gasteiger partial charge in [0, 0.05) is 9.50 Å². The molecule has 1 amide bonds. The maximum Gasteiger partial charge on any atom is 0.265 e. The second-order valence-electron chi connectivity index (χ2n) is 3.65. The zero-order chi connectivity index (χ0) is 13.3. The highest BCUT2D eigenvalue weighted by molar-refractivity contribution is 9.11. The monoisotopic (exact) mass is 407 g/mol. The van der Waals surface area contributed by atoms with Crippen molar-refractivity contribution in [1.82, 2.24) is 0 Å². The molecule has 1 heterocycles. The lowest BCUT2D eigenvalue weighted by atomic mass is 10.3. The molecular formula is C12H8Br2ClNOS. The molecule has 1 aromatic carbocycles. The van der Waals surface area contributed by atoms with E-state index >= 15 is 0 Å². The fourth-order valence-corrected chi connectivity index (χ4v) is 3.30. The highest BCUT2D eigenvalue weighted by Gasteiger charge is 2.12. The van der Waals surface area contributed by atoms with Crippen LogP contribution in [-0.4, -0.2) is 5.91 Å². The normalized spacial score (nSPS) is 10.4. The van der Waals surface area contributed by atoms with Crippen LogP contribution in [0, 0.1) is 6.92 Å². The van der Waals surface area contributed by atoms with Crippen molar-refractivity contribution in [1.29, 1.82) is 0 Å². The van der Waals surface area contributed by atoms with Crippen molar-refractivity contribution in [3.63, 3.8) is 0 Å². The first-order chi connectivity index (χ1) is 8.47. The van der Waals surface area contributed by atoms with Crippen LogP contribution in [-0.2, 0) is 0 Å². The molecule has 1 N–H and O–H groups in total. The third-order valence-electron chi connectivity index (χ3n) is 2.26. The molecule has 0 atom stereocenters. The standard InChI is InChI=1S/C12H8Br2ClNOS/c1-6-4-10(18-11(6)14)12(17)16-9-5-7(15)2-3-8(9)13/h2-5H,1H3,(H,16,17).